The Labute approximate surface area is 116 Å². The molecule has 2 N–H and O–H groups in total. The number of aryl methyl sites for hydroxylation is 1. The Morgan fingerprint density at radius 3 is 2.74 bits per heavy atom. The van der Waals surface area contributed by atoms with Crippen molar-refractivity contribution in [2.45, 2.75) is 20.0 Å². The van der Waals surface area contributed by atoms with Gasteiger partial charge in [-0.05, 0) is 19.1 Å². The zero-order valence-corrected chi connectivity index (χ0v) is 11.9. The summed E-state index contributed by atoms with van der Waals surface area (Å²) in [5.74, 6) is 0.762. The van der Waals surface area contributed by atoms with Crippen molar-refractivity contribution in [2.24, 2.45) is 4.99 Å². The van der Waals surface area contributed by atoms with Crippen molar-refractivity contribution >= 4 is 17.3 Å². The minimum Gasteiger partial charge on any atom is -0.351 e. The maximum Gasteiger partial charge on any atom is 0.191 e. The average molecular weight is 275 g/mol. The normalized spacial score (nSPS) is 11.4. The lowest BCUT2D eigenvalue weighted by atomic mass is 10.3. The molecule has 2 rings (SSSR count). The van der Waals surface area contributed by atoms with Gasteiger partial charge in [0.1, 0.15) is 0 Å². The lowest BCUT2D eigenvalue weighted by Crippen LogP contribution is -2.36. The van der Waals surface area contributed by atoms with E-state index >= 15 is 0 Å². The van der Waals surface area contributed by atoms with E-state index in [1.165, 1.54) is 4.88 Å². The molecule has 0 saturated carbocycles. The van der Waals surface area contributed by atoms with E-state index < -0.39 is 0 Å². The topological polar surface area (TPSA) is 62.2 Å². The van der Waals surface area contributed by atoms with Gasteiger partial charge in [-0.3, -0.25) is 9.98 Å². The molecule has 2 aromatic rings. The second-order valence-electron chi connectivity index (χ2n) is 3.96. The molecule has 0 fully saturated rings. The quantitative estimate of drug-likeness (QED) is 0.659. The molecule has 0 aliphatic heterocycles. The number of nitrogens with one attached hydrogen (secondary N) is 2. The Morgan fingerprint density at radius 1 is 1.26 bits per heavy atom. The van der Waals surface area contributed by atoms with Crippen molar-refractivity contribution in [3.8, 4) is 0 Å². The third-order valence-electron chi connectivity index (χ3n) is 2.65. The number of hydrogen-bond acceptors (Lipinski definition) is 4. The highest BCUT2D eigenvalue weighted by molar-refractivity contribution is 7.09. The van der Waals surface area contributed by atoms with Crippen LogP contribution in [0.15, 0.2) is 34.9 Å². The number of hydrogen-bond donors (Lipinski definition) is 2. The van der Waals surface area contributed by atoms with Crippen LogP contribution in [0.1, 0.15) is 16.3 Å². The maximum atomic E-state index is 4.26. The van der Waals surface area contributed by atoms with Crippen LogP contribution in [0.3, 0.4) is 0 Å². The predicted octanol–water partition coefficient (Wildman–Crippen LogP) is 1.71. The molecule has 19 heavy (non-hydrogen) atoms. The highest BCUT2D eigenvalue weighted by Crippen LogP contribution is 2.10. The van der Waals surface area contributed by atoms with Gasteiger partial charge in [0.05, 0.1) is 30.0 Å². The SMILES string of the molecule is CN=C(NCc1ccccn1)NCc1scnc1C. The van der Waals surface area contributed by atoms with Crippen LogP contribution in [0.25, 0.3) is 0 Å². The van der Waals surface area contributed by atoms with Crippen molar-refractivity contribution in [3.05, 3.63) is 46.2 Å². The summed E-state index contributed by atoms with van der Waals surface area (Å²) in [7, 11) is 1.76. The molecule has 0 aliphatic carbocycles. The molecule has 5 nitrogen and oxygen atoms in total. The molecule has 2 aromatic heterocycles. The molecule has 0 bridgehead atoms. The van der Waals surface area contributed by atoms with Crippen molar-refractivity contribution < 1.29 is 0 Å². The Hall–Kier alpha value is -1.95. The third-order valence-corrected chi connectivity index (χ3v) is 3.58. The largest absolute Gasteiger partial charge is 0.351 e. The van der Waals surface area contributed by atoms with Gasteiger partial charge < -0.3 is 10.6 Å². The summed E-state index contributed by atoms with van der Waals surface area (Å²) in [5, 5.41) is 6.49. The number of aromatic nitrogens is 2. The number of nitrogens with zero attached hydrogens (tertiary/aromatic N) is 3. The second kappa shape index (κ2) is 6.84. The molecule has 0 amide bonds. The van der Waals surface area contributed by atoms with Crippen LogP contribution in [0.4, 0.5) is 0 Å². The molecule has 0 atom stereocenters. The minimum atomic E-state index is 0.655. The lowest BCUT2D eigenvalue weighted by molar-refractivity contribution is 0.796. The molecule has 0 radical (unpaired) electrons. The van der Waals surface area contributed by atoms with E-state index in [2.05, 4.69) is 25.6 Å². The van der Waals surface area contributed by atoms with Crippen molar-refractivity contribution in [1.29, 1.82) is 0 Å². The molecular weight excluding hydrogens is 258 g/mol. The van der Waals surface area contributed by atoms with E-state index in [4.69, 9.17) is 0 Å². The maximum absolute atomic E-state index is 4.26. The number of aliphatic imine (C=N–C) groups is 1. The first kappa shape index (κ1) is 13.5. The standard InChI is InChI=1S/C13H17N5S/c1-10-12(19-9-18-10)8-17-13(14-2)16-7-11-5-3-4-6-15-11/h3-6,9H,7-8H2,1-2H3,(H2,14,16,17). The predicted molar refractivity (Wildman–Crippen MR) is 78.1 cm³/mol. The minimum absolute atomic E-state index is 0.655. The van der Waals surface area contributed by atoms with Gasteiger partial charge in [0.15, 0.2) is 5.96 Å². The fourth-order valence-corrected chi connectivity index (χ4v) is 2.27. The molecule has 0 aliphatic rings. The number of pyridine rings is 1. The molecular formula is C13H17N5S. The summed E-state index contributed by atoms with van der Waals surface area (Å²) >= 11 is 1.65. The summed E-state index contributed by atoms with van der Waals surface area (Å²) in [6.45, 7) is 3.40. The summed E-state index contributed by atoms with van der Waals surface area (Å²) in [4.78, 5) is 13.9. The second-order valence-corrected chi connectivity index (χ2v) is 4.90. The van der Waals surface area contributed by atoms with Gasteiger partial charge in [-0.15, -0.1) is 11.3 Å². The van der Waals surface area contributed by atoms with Crippen molar-refractivity contribution in [3.63, 3.8) is 0 Å². The summed E-state index contributed by atoms with van der Waals surface area (Å²) in [6.07, 6.45) is 1.79. The van der Waals surface area contributed by atoms with Gasteiger partial charge in [-0.25, -0.2) is 4.98 Å². The Morgan fingerprint density at radius 2 is 2.11 bits per heavy atom. The molecule has 0 saturated heterocycles. The van der Waals surface area contributed by atoms with Gasteiger partial charge in [-0.1, -0.05) is 6.07 Å². The summed E-state index contributed by atoms with van der Waals surface area (Å²) in [5.41, 5.74) is 3.91. The molecule has 0 aromatic carbocycles. The molecule has 6 heteroatoms. The van der Waals surface area contributed by atoms with Gasteiger partial charge in [0.2, 0.25) is 0 Å². The van der Waals surface area contributed by atoms with E-state index in [0.29, 0.717) is 6.54 Å². The smallest absolute Gasteiger partial charge is 0.191 e. The van der Waals surface area contributed by atoms with Crippen LogP contribution in [0, 0.1) is 6.92 Å². The van der Waals surface area contributed by atoms with Crippen LogP contribution in [-0.4, -0.2) is 23.0 Å². The zero-order valence-electron chi connectivity index (χ0n) is 11.1. The van der Waals surface area contributed by atoms with Crippen molar-refractivity contribution in [1.82, 2.24) is 20.6 Å². The van der Waals surface area contributed by atoms with Crippen LogP contribution in [0.5, 0.6) is 0 Å². The lowest BCUT2D eigenvalue weighted by Gasteiger charge is -2.11. The summed E-state index contributed by atoms with van der Waals surface area (Å²) in [6, 6.07) is 5.86. The number of guanidine groups is 1. The Kier molecular flexibility index (Phi) is 4.85. The fraction of sp³-hybridized carbons (Fsp3) is 0.308. The van der Waals surface area contributed by atoms with Gasteiger partial charge >= 0.3 is 0 Å². The van der Waals surface area contributed by atoms with Crippen LogP contribution in [0.2, 0.25) is 0 Å². The van der Waals surface area contributed by atoms with Gasteiger partial charge in [0, 0.05) is 18.1 Å². The molecule has 0 unspecified atom stereocenters. The summed E-state index contributed by atoms with van der Waals surface area (Å²) < 4.78 is 0. The van der Waals surface area contributed by atoms with E-state index in [0.717, 1.165) is 23.9 Å². The number of thiazole rings is 1. The van der Waals surface area contributed by atoms with E-state index in [1.54, 1.807) is 24.6 Å². The Balaban J connectivity index is 1.83. The highest BCUT2D eigenvalue weighted by Gasteiger charge is 2.03. The van der Waals surface area contributed by atoms with Gasteiger partial charge in [-0.2, -0.15) is 0 Å². The first-order valence-electron chi connectivity index (χ1n) is 6.03. The first-order chi connectivity index (χ1) is 9.29. The van der Waals surface area contributed by atoms with Crippen LogP contribution >= 0.6 is 11.3 Å². The zero-order chi connectivity index (χ0) is 13.5. The van der Waals surface area contributed by atoms with Crippen molar-refractivity contribution in [2.75, 3.05) is 7.05 Å². The molecule has 100 valence electrons. The number of rotatable bonds is 4. The van der Waals surface area contributed by atoms with Crippen LogP contribution in [-0.2, 0) is 13.1 Å². The van der Waals surface area contributed by atoms with Crippen LogP contribution < -0.4 is 10.6 Å². The average Bonchev–Trinajstić information content (AvgIpc) is 2.86. The first-order valence-corrected chi connectivity index (χ1v) is 6.91. The third kappa shape index (κ3) is 4.03. The molecule has 0 spiro atoms. The van der Waals surface area contributed by atoms with E-state index in [9.17, 15) is 0 Å². The fourth-order valence-electron chi connectivity index (χ4n) is 1.56. The molecule has 2 heterocycles. The highest BCUT2D eigenvalue weighted by atomic mass is 32.1. The Bertz CT molecular complexity index is 535. The van der Waals surface area contributed by atoms with Gasteiger partial charge in [0.25, 0.3) is 0 Å². The van der Waals surface area contributed by atoms with E-state index in [-0.39, 0.29) is 0 Å². The van der Waals surface area contributed by atoms with E-state index in [1.807, 2.05) is 30.6 Å². The monoisotopic (exact) mass is 275 g/mol.